The van der Waals surface area contributed by atoms with Gasteiger partial charge >= 0.3 is 6.03 Å². The summed E-state index contributed by atoms with van der Waals surface area (Å²) in [7, 11) is 0. The average Bonchev–Trinajstić information content (AvgIpc) is 3.41. The monoisotopic (exact) mass is 448 g/mol. The number of anilines is 1. The fourth-order valence-corrected chi connectivity index (χ4v) is 4.97. The van der Waals surface area contributed by atoms with Crippen molar-refractivity contribution in [2.24, 2.45) is 0 Å². The number of urea groups is 1. The number of aryl methyl sites for hydroxylation is 2. The summed E-state index contributed by atoms with van der Waals surface area (Å²) in [4.78, 5) is 37.6. The van der Waals surface area contributed by atoms with Crippen LogP contribution in [0.2, 0.25) is 0 Å². The zero-order chi connectivity index (χ0) is 21.3. The molecule has 3 aromatic rings. The molecule has 4 rings (SSSR count). The molecule has 1 saturated heterocycles. The van der Waals surface area contributed by atoms with E-state index in [0.29, 0.717) is 47.2 Å². The van der Waals surface area contributed by atoms with Crippen molar-refractivity contribution in [3.05, 3.63) is 62.6 Å². The lowest BCUT2D eigenvalue weighted by Crippen LogP contribution is -2.31. The van der Waals surface area contributed by atoms with Crippen LogP contribution in [0.1, 0.15) is 32.4 Å². The van der Waals surface area contributed by atoms with Crippen LogP contribution in [-0.2, 0) is 13.0 Å². The van der Waals surface area contributed by atoms with Crippen molar-refractivity contribution in [2.75, 3.05) is 18.0 Å². The summed E-state index contributed by atoms with van der Waals surface area (Å²) in [5.41, 5.74) is 0.980. The van der Waals surface area contributed by atoms with E-state index in [1.54, 1.807) is 13.1 Å². The van der Waals surface area contributed by atoms with Gasteiger partial charge in [0.2, 0.25) is 0 Å². The van der Waals surface area contributed by atoms with Crippen LogP contribution in [0.3, 0.4) is 0 Å². The van der Waals surface area contributed by atoms with Gasteiger partial charge in [-0.1, -0.05) is 11.3 Å². The molecule has 1 aliphatic heterocycles. The molecule has 0 atom stereocenters. The van der Waals surface area contributed by atoms with Crippen LogP contribution in [0, 0.1) is 18.6 Å². The van der Waals surface area contributed by atoms with E-state index in [-0.39, 0.29) is 18.4 Å². The smallest absolute Gasteiger partial charge is 0.318 e. The topological polar surface area (TPSA) is 66.4 Å². The Morgan fingerprint density at radius 3 is 2.67 bits per heavy atom. The number of rotatable bonds is 7. The first-order valence-electron chi connectivity index (χ1n) is 9.31. The molecule has 2 amide bonds. The Balaban J connectivity index is 1.43. The Kier molecular flexibility index (Phi) is 5.87. The Labute approximate surface area is 179 Å². The minimum absolute atomic E-state index is 0.0230. The maximum atomic E-state index is 13.4. The van der Waals surface area contributed by atoms with E-state index < -0.39 is 11.6 Å². The number of halogens is 2. The second kappa shape index (κ2) is 8.57. The van der Waals surface area contributed by atoms with Crippen LogP contribution in [0.5, 0.6) is 0 Å². The highest BCUT2D eigenvalue weighted by molar-refractivity contribution is 7.17. The number of Topliss-reactive ketones (excluding diaryl/α,β-unsaturated/α-hetero) is 1. The first kappa shape index (κ1) is 20.5. The van der Waals surface area contributed by atoms with Gasteiger partial charge in [0.15, 0.2) is 10.9 Å². The molecular formula is C20H18F2N4O2S2. The molecule has 6 nitrogen and oxygen atoms in total. The predicted molar refractivity (Wildman–Crippen MR) is 111 cm³/mol. The number of aromatic nitrogens is 2. The molecule has 156 valence electrons. The summed E-state index contributed by atoms with van der Waals surface area (Å²) in [6.45, 7) is 2.66. The Morgan fingerprint density at radius 2 is 1.97 bits per heavy atom. The second-order valence-electron chi connectivity index (χ2n) is 6.89. The van der Waals surface area contributed by atoms with Crippen LogP contribution < -0.4 is 4.90 Å². The number of ketones is 1. The number of nitrogens with zero attached hydrogens (tertiary/aromatic N) is 4. The van der Waals surface area contributed by atoms with Crippen LogP contribution in [-0.4, -0.2) is 39.8 Å². The number of hydrogen-bond acceptors (Lipinski definition) is 6. The molecule has 1 aliphatic rings. The maximum absolute atomic E-state index is 13.4. The molecule has 30 heavy (non-hydrogen) atoms. The first-order valence-corrected chi connectivity index (χ1v) is 11.0. The molecule has 0 unspecified atom stereocenters. The van der Waals surface area contributed by atoms with E-state index in [0.717, 1.165) is 11.1 Å². The van der Waals surface area contributed by atoms with E-state index in [4.69, 9.17) is 0 Å². The number of carbonyl (C=O) groups is 2. The molecule has 0 aliphatic carbocycles. The third kappa shape index (κ3) is 4.39. The van der Waals surface area contributed by atoms with E-state index >= 15 is 0 Å². The van der Waals surface area contributed by atoms with Gasteiger partial charge in [0.1, 0.15) is 11.6 Å². The predicted octanol–water partition coefficient (Wildman–Crippen LogP) is 4.44. The van der Waals surface area contributed by atoms with Crippen LogP contribution in [0.4, 0.5) is 18.7 Å². The number of benzene rings is 1. The minimum Gasteiger partial charge on any atom is -0.318 e. The number of thiazole rings is 2. The van der Waals surface area contributed by atoms with E-state index in [1.807, 2.05) is 5.38 Å². The minimum atomic E-state index is -0.676. The summed E-state index contributed by atoms with van der Waals surface area (Å²) in [6, 6.07) is 2.93. The quantitative estimate of drug-likeness (QED) is 0.501. The van der Waals surface area contributed by atoms with Crippen molar-refractivity contribution >= 4 is 39.6 Å². The average molecular weight is 449 g/mol. The summed E-state index contributed by atoms with van der Waals surface area (Å²) in [5, 5.41) is 3.24. The highest BCUT2D eigenvalue weighted by Gasteiger charge is 2.32. The second-order valence-corrected chi connectivity index (χ2v) is 8.85. The van der Waals surface area contributed by atoms with Gasteiger partial charge in [-0.2, -0.15) is 0 Å². The molecule has 0 N–H and O–H groups in total. The lowest BCUT2D eigenvalue weighted by molar-refractivity contribution is 0.0986. The molecule has 0 bridgehead atoms. The van der Waals surface area contributed by atoms with Gasteiger partial charge in [-0.05, 0) is 24.6 Å². The van der Waals surface area contributed by atoms with Crippen molar-refractivity contribution < 1.29 is 18.4 Å². The van der Waals surface area contributed by atoms with Gasteiger partial charge in [-0.25, -0.2) is 23.5 Å². The van der Waals surface area contributed by atoms with Gasteiger partial charge in [0.25, 0.3) is 0 Å². The van der Waals surface area contributed by atoms with Crippen molar-refractivity contribution in [3.8, 4) is 0 Å². The van der Waals surface area contributed by atoms with Crippen molar-refractivity contribution in [1.29, 1.82) is 0 Å². The standard InChI is InChI=1S/C20H18F2N4O2S2/c1-12-18(16(27)2-3-17-23-4-7-29-17)30-19(24-12)26-6-5-25(20(26)28)11-13-8-14(21)10-15(22)9-13/h4,7-10H,2-3,5-6,11H2,1H3. The molecule has 2 aromatic heterocycles. The Morgan fingerprint density at radius 1 is 1.20 bits per heavy atom. The molecule has 1 fully saturated rings. The van der Waals surface area contributed by atoms with Gasteiger partial charge in [-0.3, -0.25) is 9.69 Å². The Bertz CT molecular complexity index is 1060. The largest absolute Gasteiger partial charge is 0.326 e. The van der Waals surface area contributed by atoms with Crippen LogP contribution in [0.25, 0.3) is 0 Å². The van der Waals surface area contributed by atoms with Gasteiger partial charge in [0.05, 0.1) is 15.6 Å². The molecule has 0 saturated carbocycles. The van der Waals surface area contributed by atoms with Gasteiger partial charge < -0.3 is 4.90 Å². The number of amides is 2. The maximum Gasteiger partial charge on any atom is 0.326 e. The molecular weight excluding hydrogens is 430 g/mol. The first-order chi connectivity index (χ1) is 14.4. The summed E-state index contributed by atoms with van der Waals surface area (Å²) in [5.74, 6) is -1.37. The van der Waals surface area contributed by atoms with Crippen molar-refractivity contribution in [2.45, 2.75) is 26.3 Å². The molecule has 10 heteroatoms. The summed E-state index contributed by atoms with van der Waals surface area (Å²) in [6.07, 6.45) is 2.62. The lowest BCUT2D eigenvalue weighted by atomic mass is 10.2. The van der Waals surface area contributed by atoms with E-state index in [9.17, 15) is 18.4 Å². The fraction of sp³-hybridized carbons (Fsp3) is 0.300. The van der Waals surface area contributed by atoms with Crippen molar-refractivity contribution in [3.63, 3.8) is 0 Å². The number of carbonyl (C=O) groups excluding carboxylic acids is 2. The number of hydrogen-bond donors (Lipinski definition) is 0. The normalized spacial score (nSPS) is 14.0. The van der Waals surface area contributed by atoms with E-state index in [2.05, 4.69) is 9.97 Å². The fourth-order valence-electron chi connectivity index (χ4n) is 3.30. The van der Waals surface area contributed by atoms with Crippen LogP contribution in [0.15, 0.2) is 29.8 Å². The zero-order valence-electron chi connectivity index (χ0n) is 16.1. The molecule has 0 radical (unpaired) electrons. The Hall–Kier alpha value is -2.72. The molecule has 0 spiro atoms. The van der Waals surface area contributed by atoms with Crippen LogP contribution >= 0.6 is 22.7 Å². The third-order valence-electron chi connectivity index (χ3n) is 4.71. The highest BCUT2D eigenvalue weighted by Crippen LogP contribution is 2.30. The lowest BCUT2D eigenvalue weighted by Gasteiger charge is -2.17. The summed E-state index contributed by atoms with van der Waals surface area (Å²) >= 11 is 2.71. The molecule has 3 heterocycles. The molecule has 1 aromatic carbocycles. The highest BCUT2D eigenvalue weighted by atomic mass is 32.1. The SMILES string of the molecule is Cc1nc(N2CCN(Cc3cc(F)cc(F)c3)C2=O)sc1C(=O)CCc1nccs1. The third-order valence-corrected chi connectivity index (χ3v) is 6.77. The summed E-state index contributed by atoms with van der Waals surface area (Å²) < 4.78 is 26.8. The van der Waals surface area contributed by atoms with E-state index in [1.165, 1.54) is 44.6 Å². The zero-order valence-corrected chi connectivity index (χ0v) is 17.7. The van der Waals surface area contributed by atoms with Gasteiger partial charge in [-0.15, -0.1) is 11.3 Å². The van der Waals surface area contributed by atoms with Crippen molar-refractivity contribution in [1.82, 2.24) is 14.9 Å². The van der Waals surface area contributed by atoms with Gasteiger partial charge in [0, 0.05) is 50.1 Å².